The summed E-state index contributed by atoms with van der Waals surface area (Å²) < 4.78 is 0. The fourth-order valence-corrected chi connectivity index (χ4v) is 1.40. The average molecular weight is 199 g/mol. The predicted molar refractivity (Wildman–Crippen MR) is 55.7 cm³/mol. The number of nitrogens with two attached hydrogens (primary N) is 1. The lowest BCUT2D eigenvalue weighted by Gasteiger charge is -2.00. The lowest BCUT2D eigenvalue weighted by Crippen LogP contribution is -1.89. The van der Waals surface area contributed by atoms with E-state index in [0.717, 1.165) is 11.1 Å². The highest BCUT2D eigenvalue weighted by atomic mass is 15.2. The number of nitrogen functional groups attached to an aromatic ring is 1. The van der Waals surface area contributed by atoms with E-state index in [0.29, 0.717) is 17.1 Å². The van der Waals surface area contributed by atoms with Gasteiger partial charge in [0.1, 0.15) is 23.1 Å². The predicted octanol–water partition coefficient (Wildman–Crippen LogP) is 1.23. The molecule has 2 rings (SSSR count). The number of aryl methyl sites for hydroxylation is 1. The minimum Gasteiger partial charge on any atom is -0.383 e. The molecule has 0 aliphatic rings. The van der Waals surface area contributed by atoms with Gasteiger partial charge in [0.2, 0.25) is 0 Å². The normalized spacial score (nSPS) is 9.87. The van der Waals surface area contributed by atoms with Crippen molar-refractivity contribution in [1.29, 1.82) is 5.26 Å². The minimum absolute atomic E-state index is 0.295. The van der Waals surface area contributed by atoms with Crippen molar-refractivity contribution in [2.45, 2.75) is 6.92 Å². The number of nitrogens with one attached hydrogen (secondary N) is 1. The van der Waals surface area contributed by atoms with Crippen LogP contribution in [-0.2, 0) is 0 Å². The van der Waals surface area contributed by atoms with E-state index in [9.17, 15) is 0 Å². The molecule has 0 saturated heterocycles. The molecule has 74 valence electrons. The highest BCUT2D eigenvalue weighted by Gasteiger charge is 2.13. The second-order valence-electron chi connectivity index (χ2n) is 3.16. The van der Waals surface area contributed by atoms with E-state index in [1.54, 1.807) is 12.4 Å². The Morgan fingerprint density at radius 1 is 1.53 bits per heavy atom. The summed E-state index contributed by atoms with van der Waals surface area (Å²) in [6.07, 6.45) is 3.38. The molecule has 0 aliphatic carbocycles. The smallest absolute Gasteiger partial charge is 0.137 e. The van der Waals surface area contributed by atoms with Gasteiger partial charge in [-0.25, -0.2) is 0 Å². The summed E-state index contributed by atoms with van der Waals surface area (Å²) in [5.74, 6) is 0.295. The maximum absolute atomic E-state index is 8.93. The fraction of sp³-hybridized carbons (Fsp3) is 0.100. The van der Waals surface area contributed by atoms with Gasteiger partial charge in [0.05, 0.1) is 0 Å². The summed E-state index contributed by atoms with van der Waals surface area (Å²) in [5, 5.41) is 15.6. The summed E-state index contributed by atoms with van der Waals surface area (Å²) >= 11 is 0. The van der Waals surface area contributed by atoms with Gasteiger partial charge in [-0.1, -0.05) is 0 Å². The van der Waals surface area contributed by atoms with Crippen molar-refractivity contribution in [2.24, 2.45) is 0 Å². The number of hydrogen-bond acceptors (Lipinski definition) is 4. The van der Waals surface area contributed by atoms with Gasteiger partial charge in [-0.15, -0.1) is 0 Å². The van der Waals surface area contributed by atoms with Crippen LogP contribution in [0.2, 0.25) is 0 Å². The second kappa shape index (κ2) is 3.42. The molecule has 3 N–H and O–H groups in total. The molecule has 0 unspecified atom stereocenters. The Kier molecular flexibility index (Phi) is 2.10. The van der Waals surface area contributed by atoms with Gasteiger partial charge in [-0.2, -0.15) is 10.4 Å². The molecular weight excluding hydrogens is 190 g/mol. The van der Waals surface area contributed by atoms with Gasteiger partial charge < -0.3 is 5.73 Å². The largest absolute Gasteiger partial charge is 0.383 e. The molecule has 0 spiro atoms. The van der Waals surface area contributed by atoms with E-state index in [1.807, 2.05) is 19.1 Å². The highest BCUT2D eigenvalue weighted by molar-refractivity contribution is 5.73. The van der Waals surface area contributed by atoms with Crippen LogP contribution in [0.1, 0.15) is 11.1 Å². The first-order valence-corrected chi connectivity index (χ1v) is 4.39. The topological polar surface area (TPSA) is 91.4 Å². The number of anilines is 1. The molecule has 0 fully saturated rings. The Morgan fingerprint density at radius 3 is 3.00 bits per heavy atom. The van der Waals surface area contributed by atoms with Gasteiger partial charge in [-0.3, -0.25) is 10.1 Å². The number of hydrogen-bond donors (Lipinski definition) is 2. The molecule has 0 atom stereocenters. The zero-order chi connectivity index (χ0) is 10.8. The Hall–Kier alpha value is -2.35. The Bertz CT molecular complexity index is 535. The van der Waals surface area contributed by atoms with E-state index in [1.165, 1.54) is 0 Å². The van der Waals surface area contributed by atoms with E-state index in [-0.39, 0.29) is 0 Å². The van der Waals surface area contributed by atoms with E-state index in [2.05, 4.69) is 15.2 Å². The molecular formula is C10H9N5. The summed E-state index contributed by atoms with van der Waals surface area (Å²) in [7, 11) is 0. The first-order chi connectivity index (χ1) is 7.24. The number of pyridine rings is 1. The van der Waals surface area contributed by atoms with Crippen LogP contribution in [0.15, 0.2) is 18.5 Å². The summed E-state index contributed by atoms with van der Waals surface area (Å²) in [6, 6.07) is 3.84. The van der Waals surface area contributed by atoms with E-state index < -0.39 is 0 Å². The molecule has 2 aromatic heterocycles. The number of nitriles is 1. The zero-order valence-electron chi connectivity index (χ0n) is 8.15. The third-order valence-corrected chi connectivity index (χ3v) is 2.18. The number of aromatic amines is 1. The molecule has 2 aromatic rings. The van der Waals surface area contributed by atoms with Crippen LogP contribution >= 0.6 is 0 Å². The quantitative estimate of drug-likeness (QED) is 0.722. The van der Waals surface area contributed by atoms with Crippen molar-refractivity contribution in [3.05, 3.63) is 29.6 Å². The average Bonchev–Trinajstić information content (AvgIpc) is 2.60. The Morgan fingerprint density at radius 2 is 2.33 bits per heavy atom. The van der Waals surface area contributed by atoms with Gasteiger partial charge in [0.25, 0.3) is 0 Å². The van der Waals surface area contributed by atoms with Crippen LogP contribution in [0.25, 0.3) is 11.3 Å². The Balaban J connectivity index is 2.66. The number of nitrogens with zero attached hydrogens (tertiary/aromatic N) is 3. The highest BCUT2D eigenvalue weighted by Crippen LogP contribution is 2.26. The van der Waals surface area contributed by atoms with Crippen molar-refractivity contribution in [2.75, 3.05) is 5.73 Å². The number of rotatable bonds is 1. The number of H-pyrrole nitrogens is 1. The molecule has 0 radical (unpaired) electrons. The molecule has 5 heteroatoms. The maximum Gasteiger partial charge on any atom is 0.137 e. The Labute approximate surface area is 86.6 Å². The molecule has 0 amide bonds. The molecule has 2 heterocycles. The van der Waals surface area contributed by atoms with E-state index >= 15 is 0 Å². The molecule has 15 heavy (non-hydrogen) atoms. The summed E-state index contributed by atoms with van der Waals surface area (Å²) in [6.45, 7) is 1.91. The van der Waals surface area contributed by atoms with Gasteiger partial charge >= 0.3 is 0 Å². The van der Waals surface area contributed by atoms with Gasteiger partial charge in [-0.05, 0) is 18.6 Å². The van der Waals surface area contributed by atoms with Crippen molar-refractivity contribution in [3.8, 4) is 17.3 Å². The number of aromatic nitrogens is 3. The molecule has 0 aromatic carbocycles. The molecule has 0 bridgehead atoms. The second-order valence-corrected chi connectivity index (χ2v) is 3.16. The molecule has 0 saturated carbocycles. The van der Waals surface area contributed by atoms with Crippen molar-refractivity contribution in [1.82, 2.24) is 15.2 Å². The van der Waals surface area contributed by atoms with Crippen LogP contribution in [0.5, 0.6) is 0 Å². The monoisotopic (exact) mass is 199 g/mol. The van der Waals surface area contributed by atoms with Crippen molar-refractivity contribution >= 4 is 5.82 Å². The van der Waals surface area contributed by atoms with Crippen molar-refractivity contribution < 1.29 is 0 Å². The third-order valence-electron chi connectivity index (χ3n) is 2.18. The summed E-state index contributed by atoms with van der Waals surface area (Å²) in [5.41, 5.74) is 8.37. The first-order valence-electron chi connectivity index (χ1n) is 4.39. The standard InChI is InChI=1S/C10H9N5/c1-6-5-13-3-2-7(6)9-8(4-11)10(12)15-14-9/h2-3,5H,1H3,(H3,12,14,15). The molecule has 5 nitrogen and oxygen atoms in total. The summed E-state index contributed by atoms with van der Waals surface area (Å²) in [4.78, 5) is 3.98. The first kappa shape index (κ1) is 9.21. The van der Waals surface area contributed by atoms with Gasteiger partial charge in [0.15, 0.2) is 0 Å². The van der Waals surface area contributed by atoms with Crippen LogP contribution in [-0.4, -0.2) is 15.2 Å². The van der Waals surface area contributed by atoms with Gasteiger partial charge in [0, 0.05) is 18.0 Å². The van der Waals surface area contributed by atoms with Crippen molar-refractivity contribution in [3.63, 3.8) is 0 Å². The zero-order valence-corrected chi connectivity index (χ0v) is 8.15. The van der Waals surface area contributed by atoms with Crippen LogP contribution in [0, 0.1) is 18.3 Å². The molecule has 0 aliphatic heterocycles. The van der Waals surface area contributed by atoms with Crippen LogP contribution < -0.4 is 5.73 Å². The lowest BCUT2D eigenvalue weighted by atomic mass is 10.1. The third kappa shape index (κ3) is 1.42. The minimum atomic E-state index is 0.295. The fourth-order valence-electron chi connectivity index (χ4n) is 1.40. The van der Waals surface area contributed by atoms with Crippen LogP contribution in [0.4, 0.5) is 5.82 Å². The maximum atomic E-state index is 8.93. The SMILES string of the molecule is Cc1cnccc1-c1n[nH]c(N)c1C#N. The van der Waals surface area contributed by atoms with Crippen LogP contribution in [0.3, 0.4) is 0 Å². The van der Waals surface area contributed by atoms with E-state index in [4.69, 9.17) is 11.0 Å². The lowest BCUT2D eigenvalue weighted by molar-refractivity contribution is 1.10.